The first-order valence-corrected chi connectivity index (χ1v) is 6.01. The molecule has 0 aromatic heterocycles. The van der Waals surface area contributed by atoms with E-state index in [0.717, 1.165) is 0 Å². The van der Waals surface area contributed by atoms with E-state index in [4.69, 9.17) is 0 Å². The van der Waals surface area contributed by atoms with Gasteiger partial charge in [0.2, 0.25) is 0 Å². The van der Waals surface area contributed by atoms with Gasteiger partial charge in [-0.1, -0.05) is 0 Å². The molecule has 0 N–H and O–H groups in total. The third-order valence-electron chi connectivity index (χ3n) is 1.29. The van der Waals surface area contributed by atoms with Crippen LogP contribution in [0.25, 0.3) is 0 Å². The van der Waals surface area contributed by atoms with Crippen LogP contribution in [0, 0.1) is 0 Å². The van der Waals surface area contributed by atoms with E-state index in [0.29, 0.717) is 0 Å². The van der Waals surface area contributed by atoms with Crippen LogP contribution in [0.2, 0.25) is 0 Å². The molecule has 0 radical (unpaired) electrons. The normalized spacial score (nSPS) is 10.4. The molecule has 0 heterocycles. The topological polar surface area (TPSA) is 0 Å². The molecule has 1 unspecified atom stereocenters. The van der Waals surface area contributed by atoms with Gasteiger partial charge in [0, 0.05) is 0 Å². The van der Waals surface area contributed by atoms with Crippen LogP contribution in [-0.4, -0.2) is 15.8 Å². The van der Waals surface area contributed by atoms with E-state index in [-0.39, 0.29) is 15.8 Å². The number of hydrogen-bond donors (Lipinski definition) is 0. The molecule has 52 valence electrons. The second kappa shape index (κ2) is 4.35. The van der Waals surface area contributed by atoms with Gasteiger partial charge in [-0.3, -0.25) is 0 Å². The van der Waals surface area contributed by atoms with Crippen LogP contribution in [0.15, 0.2) is 41.8 Å². The predicted octanol–water partition coefficient (Wildman–Crippen LogP) is 1.77. The zero-order valence-electron chi connectivity index (χ0n) is 5.88. The quantitative estimate of drug-likeness (QED) is 0.643. The molecule has 0 saturated carbocycles. The van der Waals surface area contributed by atoms with Gasteiger partial charge in [0.05, 0.1) is 0 Å². The Labute approximate surface area is 68.6 Å². The molecule has 0 amide bonds. The Hall–Kier alpha value is -0.482. The van der Waals surface area contributed by atoms with Gasteiger partial charge in [-0.05, 0) is 0 Å². The molecule has 1 rings (SSSR count). The van der Waals surface area contributed by atoms with Crippen molar-refractivity contribution >= 4 is 15.8 Å². The Morgan fingerprint density at radius 3 is 2.60 bits per heavy atom. The molecule has 10 heavy (non-hydrogen) atoms. The summed E-state index contributed by atoms with van der Waals surface area (Å²) in [6.07, 6.45) is 0. The van der Waals surface area contributed by atoms with Crippen LogP contribution >= 0.6 is 0 Å². The minimum atomic E-state index is 0.0959. The Bertz CT molecular complexity index is 191. The Balaban J connectivity index is 2.50. The first-order valence-electron chi connectivity index (χ1n) is 3.31. The number of benzene rings is 1. The van der Waals surface area contributed by atoms with E-state index in [1.165, 1.54) is 10.8 Å². The summed E-state index contributed by atoms with van der Waals surface area (Å²) in [5.74, 6) is 0. The van der Waals surface area contributed by atoms with Gasteiger partial charge in [-0.25, -0.2) is 0 Å². The van der Waals surface area contributed by atoms with Crippen LogP contribution in [0.1, 0.15) is 5.56 Å². The van der Waals surface area contributed by atoms with Crippen molar-refractivity contribution < 1.29 is 0 Å². The molecule has 0 aliphatic rings. The second-order valence-corrected chi connectivity index (χ2v) is 4.53. The van der Waals surface area contributed by atoms with E-state index < -0.39 is 0 Å². The third kappa shape index (κ3) is 2.41. The van der Waals surface area contributed by atoms with Gasteiger partial charge in [0.15, 0.2) is 0 Å². The maximum atomic E-state index is 3.73. The molecule has 1 aromatic carbocycles. The monoisotopic (exact) mass is 194 g/mol. The standard InChI is InChI=1S/C9H11As/c1-2-10-8-9-6-4-3-5-7-9/h2-7,10H,1,8H2. The fraction of sp³-hybridized carbons (Fsp3) is 0.111. The molecule has 0 saturated heterocycles. The molecular weight excluding hydrogens is 183 g/mol. The molecule has 0 nitrogen and oxygen atoms in total. The van der Waals surface area contributed by atoms with Crippen molar-refractivity contribution in [2.45, 2.75) is 5.21 Å². The second-order valence-electron chi connectivity index (χ2n) is 2.07. The van der Waals surface area contributed by atoms with Crippen LogP contribution in [0.3, 0.4) is 0 Å². The number of rotatable bonds is 3. The Kier molecular flexibility index (Phi) is 3.32. The zero-order valence-corrected chi connectivity index (χ0v) is 7.98. The summed E-state index contributed by atoms with van der Waals surface area (Å²) in [7, 11) is 0. The van der Waals surface area contributed by atoms with Crippen molar-refractivity contribution in [1.82, 2.24) is 0 Å². The van der Waals surface area contributed by atoms with E-state index in [1.54, 1.807) is 0 Å². The van der Waals surface area contributed by atoms with Gasteiger partial charge in [-0.15, -0.1) is 0 Å². The Morgan fingerprint density at radius 1 is 1.30 bits per heavy atom. The molecule has 1 aromatic rings. The van der Waals surface area contributed by atoms with Gasteiger partial charge < -0.3 is 0 Å². The van der Waals surface area contributed by atoms with Gasteiger partial charge in [0.25, 0.3) is 0 Å². The first-order chi connectivity index (χ1) is 4.93. The fourth-order valence-corrected chi connectivity index (χ4v) is 2.08. The van der Waals surface area contributed by atoms with Crippen LogP contribution < -0.4 is 0 Å². The molecular formula is C9H11As. The van der Waals surface area contributed by atoms with Crippen molar-refractivity contribution in [2.75, 3.05) is 0 Å². The molecule has 0 spiro atoms. The Morgan fingerprint density at radius 2 is 2.00 bits per heavy atom. The average molecular weight is 194 g/mol. The van der Waals surface area contributed by atoms with Gasteiger partial charge in [0.1, 0.15) is 0 Å². The molecule has 0 fully saturated rings. The van der Waals surface area contributed by atoms with E-state index in [9.17, 15) is 0 Å². The first kappa shape index (κ1) is 7.62. The summed E-state index contributed by atoms with van der Waals surface area (Å²) in [6, 6.07) is 10.6. The molecule has 1 heteroatoms. The summed E-state index contributed by atoms with van der Waals surface area (Å²) in [6.45, 7) is 3.73. The molecule has 0 aliphatic heterocycles. The molecule has 0 bridgehead atoms. The summed E-state index contributed by atoms with van der Waals surface area (Å²) in [5, 5.41) is 1.24. The van der Waals surface area contributed by atoms with Gasteiger partial charge >= 0.3 is 68.3 Å². The molecule has 0 aliphatic carbocycles. The van der Waals surface area contributed by atoms with E-state index in [2.05, 4.69) is 41.8 Å². The molecule has 1 atom stereocenters. The fourth-order valence-electron chi connectivity index (χ4n) is 0.786. The maximum absolute atomic E-state index is 3.73. The van der Waals surface area contributed by atoms with Crippen molar-refractivity contribution in [2.24, 2.45) is 0 Å². The van der Waals surface area contributed by atoms with Crippen molar-refractivity contribution in [3.8, 4) is 0 Å². The zero-order chi connectivity index (χ0) is 7.23. The third-order valence-corrected chi connectivity index (χ3v) is 3.18. The van der Waals surface area contributed by atoms with Crippen molar-refractivity contribution in [3.63, 3.8) is 0 Å². The van der Waals surface area contributed by atoms with Crippen LogP contribution in [0.4, 0.5) is 0 Å². The minimum absolute atomic E-state index is 0.0959. The van der Waals surface area contributed by atoms with Crippen LogP contribution in [0.5, 0.6) is 0 Å². The summed E-state index contributed by atoms with van der Waals surface area (Å²) in [4.78, 5) is 2.08. The van der Waals surface area contributed by atoms with Crippen molar-refractivity contribution in [1.29, 1.82) is 0 Å². The van der Waals surface area contributed by atoms with E-state index in [1.807, 2.05) is 0 Å². The summed E-state index contributed by atoms with van der Waals surface area (Å²) < 4.78 is 0. The summed E-state index contributed by atoms with van der Waals surface area (Å²) >= 11 is 0.0959. The van der Waals surface area contributed by atoms with Gasteiger partial charge in [-0.2, -0.15) is 0 Å². The van der Waals surface area contributed by atoms with E-state index >= 15 is 0 Å². The van der Waals surface area contributed by atoms with Crippen LogP contribution in [-0.2, 0) is 5.21 Å². The average Bonchev–Trinajstić information content (AvgIpc) is 2.03. The van der Waals surface area contributed by atoms with Crippen molar-refractivity contribution in [3.05, 3.63) is 47.3 Å². The number of hydrogen-bond acceptors (Lipinski definition) is 0. The summed E-state index contributed by atoms with van der Waals surface area (Å²) in [5.41, 5.74) is 1.45. The SMILES string of the molecule is C=C[AsH]Cc1ccccc1. The predicted molar refractivity (Wildman–Crippen MR) is 47.5 cm³/mol.